The molecule has 0 N–H and O–H groups in total. The molecule has 12 heteroatoms. The molecule has 0 aliphatic heterocycles. The standard InChI is InChI=1S/C8H3F11O/c9-2-3(20-1-5(12,13)4(10)11)7(16,17)8(18,19)6(2,14)15/h4H,1H2. The monoisotopic (exact) mass is 324 g/mol. The second-order valence-corrected chi connectivity index (χ2v) is 3.72. The van der Waals surface area contributed by atoms with E-state index in [1.807, 2.05) is 0 Å². The second kappa shape index (κ2) is 4.38. The van der Waals surface area contributed by atoms with Crippen molar-refractivity contribution >= 4 is 0 Å². The fourth-order valence-electron chi connectivity index (χ4n) is 1.14. The first-order chi connectivity index (χ1) is 8.69. The first-order valence-electron chi connectivity index (χ1n) is 4.52. The van der Waals surface area contributed by atoms with Crippen LogP contribution in [0.3, 0.4) is 0 Å². The number of halogens is 11. The summed E-state index contributed by atoms with van der Waals surface area (Å²) in [5, 5.41) is 0. The predicted octanol–water partition coefficient (Wildman–Crippen LogP) is 4.00. The molecule has 1 aliphatic carbocycles. The topological polar surface area (TPSA) is 9.23 Å². The van der Waals surface area contributed by atoms with Gasteiger partial charge in [-0.2, -0.15) is 35.1 Å². The van der Waals surface area contributed by atoms with Gasteiger partial charge in [0.15, 0.2) is 6.61 Å². The summed E-state index contributed by atoms with van der Waals surface area (Å²) in [5.41, 5.74) is 0. The molecule has 0 radical (unpaired) electrons. The lowest BCUT2D eigenvalue weighted by molar-refractivity contribution is -0.276. The minimum absolute atomic E-state index is 2.67. The average molecular weight is 324 g/mol. The first kappa shape index (κ1) is 16.8. The minimum atomic E-state index is -6.28. The van der Waals surface area contributed by atoms with Crippen LogP contribution in [0.5, 0.6) is 0 Å². The molecule has 0 bridgehead atoms. The quantitative estimate of drug-likeness (QED) is 0.710. The normalized spacial score (nSPS) is 24.4. The number of alkyl halides is 10. The Labute approximate surface area is 103 Å². The van der Waals surface area contributed by atoms with Crippen molar-refractivity contribution < 1.29 is 53.0 Å². The van der Waals surface area contributed by atoms with Crippen molar-refractivity contribution in [2.45, 2.75) is 30.1 Å². The van der Waals surface area contributed by atoms with Crippen LogP contribution in [0.15, 0.2) is 11.6 Å². The van der Waals surface area contributed by atoms with Gasteiger partial charge in [-0.3, -0.25) is 0 Å². The fourth-order valence-corrected chi connectivity index (χ4v) is 1.14. The van der Waals surface area contributed by atoms with E-state index in [0.717, 1.165) is 0 Å². The zero-order valence-corrected chi connectivity index (χ0v) is 8.85. The maximum Gasteiger partial charge on any atom is 0.386 e. The van der Waals surface area contributed by atoms with E-state index < -0.39 is 48.3 Å². The van der Waals surface area contributed by atoms with Gasteiger partial charge in [0.05, 0.1) is 0 Å². The van der Waals surface area contributed by atoms with Crippen molar-refractivity contribution in [1.29, 1.82) is 0 Å². The summed E-state index contributed by atoms with van der Waals surface area (Å²) < 4.78 is 140. The molecular formula is C8H3F11O. The van der Waals surface area contributed by atoms with Crippen LogP contribution < -0.4 is 0 Å². The second-order valence-electron chi connectivity index (χ2n) is 3.72. The van der Waals surface area contributed by atoms with E-state index in [0.29, 0.717) is 0 Å². The third-order valence-electron chi connectivity index (χ3n) is 2.28. The zero-order valence-electron chi connectivity index (χ0n) is 8.85. The van der Waals surface area contributed by atoms with Gasteiger partial charge in [-0.15, -0.1) is 0 Å². The SMILES string of the molecule is FC1=C(OCC(F)(F)C(F)F)C(F)(F)C(F)(F)C1(F)F. The molecule has 0 aromatic rings. The lowest BCUT2D eigenvalue weighted by Gasteiger charge is -2.24. The largest absolute Gasteiger partial charge is 0.482 e. The number of ether oxygens (including phenoxy) is 1. The molecule has 0 fully saturated rings. The molecule has 0 atom stereocenters. The molecule has 1 aliphatic rings. The maximum atomic E-state index is 12.8. The molecule has 0 heterocycles. The molecular weight excluding hydrogens is 321 g/mol. The van der Waals surface area contributed by atoms with E-state index in [4.69, 9.17) is 0 Å². The average Bonchev–Trinajstić information content (AvgIpc) is 2.34. The summed E-state index contributed by atoms with van der Waals surface area (Å²) in [6.07, 6.45) is -4.46. The van der Waals surface area contributed by atoms with Crippen LogP contribution in [-0.2, 0) is 4.74 Å². The van der Waals surface area contributed by atoms with Crippen LogP contribution in [0, 0.1) is 0 Å². The predicted molar refractivity (Wildman–Crippen MR) is 39.9 cm³/mol. The van der Waals surface area contributed by atoms with Crippen molar-refractivity contribution in [3.63, 3.8) is 0 Å². The molecule has 0 unspecified atom stereocenters. The third kappa shape index (κ3) is 2.08. The number of allylic oxidation sites excluding steroid dienone is 2. The van der Waals surface area contributed by atoms with E-state index in [-0.39, 0.29) is 0 Å². The first-order valence-corrected chi connectivity index (χ1v) is 4.52. The molecule has 0 amide bonds. The smallest absolute Gasteiger partial charge is 0.386 e. The van der Waals surface area contributed by atoms with Crippen molar-refractivity contribution in [1.82, 2.24) is 0 Å². The lowest BCUT2D eigenvalue weighted by Crippen LogP contribution is -2.49. The van der Waals surface area contributed by atoms with Crippen molar-refractivity contribution in [3.05, 3.63) is 11.6 Å². The van der Waals surface area contributed by atoms with Crippen LogP contribution in [0.2, 0.25) is 0 Å². The number of hydrogen-bond acceptors (Lipinski definition) is 1. The highest BCUT2D eigenvalue weighted by molar-refractivity contribution is 5.33. The Morgan fingerprint density at radius 1 is 0.950 bits per heavy atom. The van der Waals surface area contributed by atoms with Gasteiger partial charge in [-0.05, 0) is 0 Å². The molecule has 1 nitrogen and oxygen atoms in total. The zero-order chi connectivity index (χ0) is 16.1. The van der Waals surface area contributed by atoms with Gasteiger partial charge in [-0.25, -0.2) is 13.2 Å². The highest BCUT2D eigenvalue weighted by Gasteiger charge is 2.82. The van der Waals surface area contributed by atoms with Gasteiger partial charge >= 0.3 is 30.1 Å². The molecule has 118 valence electrons. The van der Waals surface area contributed by atoms with Crippen LogP contribution in [0.4, 0.5) is 48.3 Å². The van der Waals surface area contributed by atoms with Gasteiger partial charge in [0.2, 0.25) is 11.6 Å². The van der Waals surface area contributed by atoms with E-state index in [9.17, 15) is 48.3 Å². The Morgan fingerprint density at radius 2 is 1.40 bits per heavy atom. The van der Waals surface area contributed by atoms with Gasteiger partial charge in [0.25, 0.3) is 0 Å². The summed E-state index contributed by atoms with van der Waals surface area (Å²) >= 11 is 0. The van der Waals surface area contributed by atoms with E-state index in [1.165, 1.54) is 0 Å². The Bertz CT molecular complexity index is 424. The molecule has 0 saturated heterocycles. The van der Waals surface area contributed by atoms with Gasteiger partial charge in [-0.1, -0.05) is 0 Å². The Balaban J connectivity index is 3.09. The van der Waals surface area contributed by atoms with Crippen LogP contribution >= 0.6 is 0 Å². The minimum Gasteiger partial charge on any atom is -0.482 e. The lowest BCUT2D eigenvalue weighted by atomic mass is 10.1. The van der Waals surface area contributed by atoms with Crippen LogP contribution in [0.25, 0.3) is 0 Å². The summed E-state index contributed by atoms with van der Waals surface area (Å²) in [6, 6.07) is 0. The molecule has 1 rings (SSSR count). The number of hydrogen-bond donors (Lipinski definition) is 0. The third-order valence-corrected chi connectivity index (χ3v) is 2.28. The molecule has 0 saturated carbocycles. The molecule has 0 aromatic carbocycles. The van der Waals surface area contributed by atoms with Crippen LogP contribution in [0.1, 0.15) is 0 Å². The summed E-state index contributed by atoms with van der Waals surface area (Å²) in [5.74, 6) is -29.9. The van der Waals surface area contributed by atoms with Gasteiger partial charge in [0, 0.05) is 0 Å². The van der Waals surface area contributed by atoms with Crippen molar-refractivity contribution in [2.75, 3.05) is 6.61 Å². The number of rotatable bonds is 4. The fraction of sp³-hybridized carbons (Fsp3) is 0.750. The summed E-state index contributed by atoms with van der Waals surface area (Å²) in [7, 11) is 0. The molecule has 0 aromatic heterocycles. The Hall–Kier alpha value is -1.23. The van der Waals surface area contributed by atoms with Crippen molar-refractivity contribution in [3.8, 4) is 0 Å². The van der Waals surface area contributed by atoms with Crippen LogP contribution in [-0.4, -0.2) is 36.7 Å². The van der Waals surface area contributed by atoms with Crippen molar-refractivity contribution in [2.24, 2.45) is 0 Å². The van der Waals surface area contributed by atoms with Gasteiger partial charge in [0.1, 0.15) is 0 Å². The van der Waals surface area contributed by atoms with E-state index in [2.05, 4.69) is 4.74 Å². The molecule has 0 spiro atoms. The van der Waals surface area contributed by atoms with E-state index in [1.54, 1.807) is 0 Å². The highest BCUT2D eigenvalue weighted by atomic mass is 19.4. The van der Waals surface area contributed by atoms with Gasteiger partial charge < -0.3 is 4.74 Å². The molecule has 20 heavy (non-hydrogen) atoms. The summed E-state index contributed by atoms with van der Waals surface area (Å²) in [6.45, 7) is -2.67. The Morgan fingerprint density at radius 3 is 1.70 bits per heavy atom. The Kier molecular flexibility index (Phi) is 3.69. The summed E-state index contributed by atoms with van der Waals surface area (Å²) in [4.78, 5) is 0. The van der Waals surface area contributed by atoms with E-state index >= 15 is 0 Å². The highest BCUT2D eigenvalue weighted by Crippen LogP contribution is 2.59. The maximum absolute atomic E-state index is 12.8.